The molecule has 0 aliphatic rings. The minimum absolute atomic E-state index is 0.657. The van der Waals surface area contributed by atoms with Gasteiger partial charge in [0.1, 0.15) is 17.2 Å². The molecule has 0 bridgehead atoms. The third-order valence-corrected chi connectivity index (χ3v) is 5.50. The average Bonchev–Trinajstić information content (AvgIpc) is 2.57. The number of alkyl halides is 3. The number of benzene rings is 1. The van der Waals surface area contributed by atoms with Crippen LogP contribution >= 0.6 is 0 Å². The van der Waals surface area contributed by atoms with Crippen LogP contribution in [0.15, 0.2) is 24.3 Å². The molecule has 0 amide bonds. The largest absolute Gasteiger partial charge is 0.598 e. The van der Waals surface area contributed by atoms with Crippen LogP contribution in [-0.2, 0) is 26.4 Å². The summed E-state index contributed by atoms with van der Waals surface area (Å²) in [6.07, 6.45) is -1.81. The van der Waals surface area contributed by atoms with E-state index in [2.05, 4.69) is 9.46 Å². The number of carbonyl (C=O) groups excluding carboxylic acids is 1. The van der Waals surface area contributed by atoms with Crippen molar-refractivity contribution >= 4 is 17.3 Å². The molecule has 4 nitrogen and oxygen atoms in total. The summed E-state index contributed by atoms with van der Waals surface area (Å²) in [6.45, 7) is 2.79. The standard InChI is InChI=1S/C17H23F4NO3S/c1-15(2,3)26(24)22-16(11-18,12-7-5-6-8-13(12)19)17(20,21)10-9-14(23)25-4/h5-8,22H,9-11H2,1-4H3/t16-,26-/m1/s1. The predicted octanol–water partition coefficient (Wildman–Crippen LogP) is 3.63. The van der Waals surface area contributed by atoms with Crippen molar-refractivity contribution in [1.82, 2.24) is 4.72 Å². The van der Waals surface area contributed by atoms with E-state index in [4.69, 9.17) is 0 Å². The van der Waals surface area contributed by atoms with Crippen LogP contribution in [-0.4, -0.2) is 35.0 Å². The van der Waals surface area contributed by atoms with Crippen molar-refractivity contribution < 1.29 is 31.6 Å². The SMILES string of the molecule is COC(=O)CCC(F)(F)[C@](CF)(N[S@+]([O-])C(C)(C)C)c1ccccc1F. The van der Waals surface area contributed by atoms with Gasteiger partial charge in [-0.25, -0.2) is 17.6 Å². The lowest BCUT2D eigenvalue weighted by Gasteiger charge is -2.40. The van der Waals surface area contributed by atoms with Crippen LogP contribution in [0, 0.1) is 5.82 Å². The normalized spacial score (nSPS) is 16.0. The van der Waals surface area contributed by atoms with Crippen LogP contribution in [0.1, 0.15) is 39.2 Å². The lowest BCUT2D eigenvalue weighted by molar-refractivity contribution is -0.146. The van der Waals surface area contributed by atoms with E-state index in [1.165, 1.54) is 32.9 Å². The third kappa shape index (κ3) is 4.89. The van der Waals surface area contributed by atoms with Gasteiger partial charge in [-0.15, -0.1) is 4.72 Å². The number of methoxy groups -OCH3 is 1. The molecule has 1 N–H and O–H groups in total. The zero-order valence-electron chi connectivity index (χ0n) is 15.1. The number of ether oxygens (including phenoxy) is 1. The zero-order valence-corrected chi connectivity index (χ0v) is 15.9. The van der Waals surface area contributed by atoms with E-state index in [1.54, 1.807) is 0 Å². The van der Waals surface area contributed by atoms with Gasteiger partial charge < -0.3 is 9.29 Å². The zero-order chi connectivity index (χ0) is 20.2. The Bertz CT molecular complexity index is 624. The first-order valence-electron chi connectivity index (χ1n) is 7.86. The first-order chi connectivity index (χ1) is 11.9. The lowest BCUT2D eigenvalue weighted by Crippen LogP contribution is -2.62. The number of carbonyl (C=O) groups is 1. The highest BCUT2D eigenvalue weighted by atomic mass is 32.2. The van der Waals surface area contributed by atoms with Crippen LogP contribution in [0.2, 0.25) is 0 Å². The third-order valence-electron chi connectivity index (χ3n) is 3.85. The fourth-order valence-corrected chi connectivity index (χ4v) is 3.15. The number of esters is 1. The Hall–Kier alpha value is -1.32. The summed E-state index contributed by atoms with van der Waals surface area (Å²) < 4.78 is 76.3. The van der Waals surface area contributed by atoms with E-state index in [0.717, 1.165) is 19.2 Å². The van der Waals surface area contributed by atoms with E-state index in [0.29, 0.717) is 0 Å². The highest BCUT2D eigenvalue weighted by molar-refractivity contribution is 7.90. The number of nitrogens with one attached hydrogen (secondary N) is 1. The fourth-order valence-electron chi connectivity index (χ4n) is 2.22. The monoisotopic (exact) mass is 397 g/mol. The maximum atomic E-state index is 15.0. The molecule has 0 heterocycles. The van der Waals surface area contributed by atoms with Crippen molar-refractivity contribution in [3.8, 4) is 0 Å². The molecule has 9 heteroatoms. The molecule has 0 aromatic heterocycles. The highest BCUT2D eigenvalue weighted by Crippen LogP contribution is 2.43. The second-order valence-electron chi connectivity index (χ2n) is 6.78. The second kappa shape index (κ2) is 8.58. The number of hydrogen-bond donors (Lipinski definition) is 1. The van der Waals surface area contributed by atoms with Gasteiger partial charge in [0.15, 0.2) is 5.54 Å². The molecule has 1 aromatic rings. The highest BCUT2D eigenvalue weighted by Gasteiger charge is 2.60. The Morgan fingerprint density at radius 2 is 1.85 bits per heavy atom. The summed E-state index contributed by atoms with van der Waals surface area (Å²) in [4.78, 5) is 11.3. The molecule has 1 aromatic carbocycles. The Morgan fingerprint density at radius 1 is 1.27 bits per heavy atom. The first kappa shape index (κ1) is 22.7. The smallest absolute Gasteiger partial charge is 0.305 e. The van der Waals surface area contributed by atoms with E-state index in [9.17, 15) is 18.1 Å². The van der Waals surface area contributed by atoms with Crippen LogP contribution in [0.3, 0.4) is 0 Å². The van der Waals surface area contributed by atoms with Gasteiger partial charge in [0.05, 0.1) is 13.5 Å². The minimum Gasteiger partial charge on any atom is -0.598 e. The van der Waals surface area contributed by atoms with Crippen molar-refractivity contribution in [3.63, 3.8) is 0 Å². The van der Waals surface area contributed by atoms with Gasteiger partial charge >= 0.3 is 5.97 Å². The summed E-state index contributed by atoms with van der Waals surface area (Å²) >= 11 is -2.13. The molecule has 0 spiro atoms. The summed E-state index contributed by atoms with van der Waals surface area (Å²) in [6, 6.07) is 4.47. The van der Waals surface area contributed by atoms with Crippen molar-refractivity contribution in [2.24, 2.45) is 0 Å². The van der Waals surface area contributed by atoms with E-state index < -0.39 is 64.4 Å². The summed E-state index contributed by atoms with van der Waals surface area (Å²) in [5.41, 5.74) is -3.56. The molecule has 148 valence electrons. The van der Waals surface area contributed by atoms with Gasteiger partial charge in [0.25, 0.3) is 5.92 Å². The van der Waals surface area contributed by atoms with Crippen molar-refractivity contribution in [2.75, 3.05) is 13.8 Å². The minimum atomic E-state index is -3.93. The molecule has 0 aliphatic heterocycles. The van der Waals surface area contributed by atoms with Crippen molar-refractivity contribution in [3.05, 3.63) is 35.6 Å². The number of rotatable bonds is 8. The quantitative estimate of drug-likeness (QED) is 0.413. The van der Waals surface area contributed by atoms with Gasteiger partial charge in [-0.05, 0) is 26.8 Å². The predicted molar refractivity (Wildman–Crippen MR) is 91.3 cm³/mol. The van der Waals surface area contributed by atoms with Gasteiger partial charge in [0, 0.05) is 23.3 Å². The number of halogens is 4. The molecule has 1 rings (SSSR count). The maximum Gasteiger partial charge on any atom is 0.305 e. The van der Waals surface area contributed by atoms with Crippen LogP contribution in [0.25, 0.3) is 0 Å². The molecule has 0 fully saturated rings. The van der Waals surface area contributed by atoms with Crippen LogP contribution < -0.4 is 4.72 Å². The van der Waals surface area contributed by atoms with E-state index in [1.807, 2.05) is 0 Å². The molecule has 0 saturated heterocycles. The van der Waals surface area contributed by atoms with Crippen molar-refractivity contribution in [1.29, 1.82) is 0 Å². The molecule has 0 unspecified atom stereocenters. The van der Waals surface area contributed by atoms with E-state index in [-0.39, 0.29) is 0 Å². The number of hydrogen-bond acceptors (Lipinski definition) is 4. The van der Waals surface area contributed by atoms with Gasteiger partial charge in [0.2, 0.25) is 0 Å². The fraction of sp³-hybridized carbons (Fsp3) is 0.588. The van der Waals surface area contributed by atoms with Crippen LogP contribution in [0.5, 0.6) is 0 Å². The van der Waals surface area contributed by atoms with Crippen molar-refractivity contribution in [2.45, 2.75) is 49.8 Å². The lowest BCUT2D eigenvalue weighted by atomic mass is 9.83. The molecule has 0 aliphatic carbocycles. The Balaban J connectivity index is 3.44. The molecule has 2 atom stereocenters. The van der Waals surface area contributed by atoms with Crippen LogP contribution in [0.4, 0.5) is 17.6 Å². The Labute approximate surface area is 153 Å². The molecule has 0 radical (unpaired) electrons. The average molecular weight is 397 g/mol. The van der Waals surface area contributed by atoms with Gasteiger partial charge in [-0.2, -0.15) is 0 Å². The summed E-state index contributed by atoms with van der Waals surface area (Å²) in [7, 11) is 1.03. The molecular weight excluding hydrogens is 374 g/mol. The maximum absolute atomic E-state index is 15.0. The molecular formula is C17H23F4NO3S. The van der Waals surface area contributed by atoms with Gasteiger partial charge in [-0.3, -0.25) is 4.79 Å². The summed E-state index contributed by atoms with van der Waals surface area (Å²) in [5, 5.41) is 0. The Kier molecular flexibility index (Phi) is 7.50. The van der Waals surface area contributed by atoms with E-state index >= 15 is 8.78 Å². The second-order valence-corrected chi connectivity index (χ2v) is 8.75. The molecule has 0 saturated carbocycles. The Morgan fingerprint density at radius 3 is 2.31 bits per heavy atom. The topological polar surface area (TPSA) is 61.4 Å². The summed E-state index contributed by atoms with van der Waals surface area (Å²) in [5.74, 6) is -5.91. The first-order valence-corrected chi connectivity index (χ1v) is 9.01. The molecule has 26 heavy (non-hydrogen) atoms. The van der Waals surface area contributed by atoms with Gasteiger partial charge in [-0.1, -0.05) is 18.2 Å².